The summed E-state index contributed by atoms with van der Waals surface area (Å²) >= 11 is 3.57. The Labute approximate surface area is 242 Å². The molecule has 1 N–H and O–H groups in total. The van der Waals surface area contributed by atoms with Crippen LogP contribution in [0.5, 0.6) is 23.0 Å². The Morgan fingerprint density at radius 1 is 0.900 bits per heavy atom. The molecule has 0 aromatic heterocycles. The maximum absolute atomic E-state index is 14.0. The molecule has 40 heavy (non-hydrogen) atoms. The molecule has 0 radical (unpaired) electrons. The van der Waals surface area contributed by atoms with Gasteiger partial charge in [0.05, 0.1) is 45.1 Å². The van der Waals surface area contributed by atoms with Crippen LogP contribution in [0.1, 0.15) is 42.7 Å². The third-order valence-corrected chi connectivity index (χ3v) is 7.83. The monoisotopic (exact) mass is 615 g/mol. The second kappa shape index (κ2) is 12.8. The molecule has 2 aliphatic rings. The van der Waals surface area contributed by atoms with E-state index in [1.807, 2.05) is 31.2 Å². The number of dihydropyridines is 1. The van der Waals surface area contributed by atoms with Crippen LogP contribution in [-0.4, -0.2) is 60.5 Å². The zero-order valence-electron chi connectivity index (χ0n) is 23.5. The van der Waals surface area contributed by atoms with Crippen LogP contribution in [0.3, 0.4) is 0 Å². The van der Waals surface area contributed by atoms with Gasteiger partial charge in [0, 0.05) is 36.4 Å². The third kappa shape index (κ3) is 5.69. The summed E-state index contributed by atoms with van der Waals surface area (Å²) in [7, 11) is 7.81. The van der Waals surface area contributed by atoms with E-state index in [1.54, 1.807) is 34.5 Å². The van der Waals surface area contributed by atoms with E-state index >= 15 is 0 Å². The molecule has 1 aliphatic carbocycles. The van der Waals surface area contributed by atoms with Crippen LogP contribution < -0.4 is 24.3 Å². The van der Waals surface area contributed by atoms with Gasteiger partial charge >= 0.3 is 5.97 Å². The van der Waals surface area contributed by atoms with Crippen molar-refractivity contribution in [1.82, 2.24) is 5.32 Å². The first-order valence-electron chi connectivity index (χ1n) is 12.8. The van der Waals surface area contributed by atoms with E-state index in [4.69, 9.17) is 28.4 Å². The molecule has 2 atom stereocenters. The smallest absolute Gasteiger partial charge is 0.336 e. The van der Waals surface area contributed by atoms with Crippen molar-refractivity contribution in [2.75, 3.05) is 48.8 Å². The van der Waals surface area contributed by atoms with Gasteiger partial charge in [0.2, 0.25) is 0 Å². The zero-order valence-corrected chi connectivity index (χ0v) is 25.1. The highest BCUT2D eigenvalue weighted by Gasteiger charge is 2.42. The SMILES string of the molecule is COCCOC(=O)C1=C(C)NC2=C(C(=O)CC(c3ccc(OC)c(OC)c3)C2)C1c1cc(Br)c(OC)c(OC)c1. The van der Waals surface area contributed by atoms with Crippen molar-refractivity contribution in [3.05, 3.63) is 68.5 Å². The average molecular weight is 617 g/mol. The molecule has 9 nitrogen and oxygen atoms in total. The molecule has 10 heteroatoms. The predicted molar refractivity (Wildman–Crippen MR) is 152 cm³/mol. The zero-order chi connectivity index (χ0) is 29.0. The predicted octanol–water partition coefficient (Wildman–Crippen LogP) is 5.03. The van der Waals surface area contributed by atoms with Gasteiger partial charge in [-0.2, -0.15) is 0 Å². The van der Waals surface area contributed by atoms with Crippen LogP contribution in [0, 0.1) is 0 Å². The summed E-state index contributed by atoms with van der Waals surface area (Å²) in [5, 5.41) is 3.37. The summed E-state index contributed by atoms with van der Waals surface area (Å²) < 4.78 is 33.2. The van der Waals surface area contributed by atoms with Gasteiger partial charge in [-0.3, -0.25) is 4.79 Å². The number of ketones is 1. The summed E-state index contributed by atoms with van der Waals surface area (Å²) in [6, 6.07) is 9.37. The van der Waals surface area contributed by atoms with E-state index in [1.165, 1.54) is 7.11 Å². The summed E-state index contributed by atoms with van der Waals surface area (Å²) in [5.41, 5.74) is 3.98. The molecule has 1 heterocycles. The first-order valence-corrected chi connectivity index (χ1v) is 13.6. The molecular weight excluding hydrogens is 582 g/mol. The number of hydrogen-bond donors (Lipinski definition) is 1. The summed E-state index contributed by atoms with van der Waals surface area (Å²) in [6.45, 7) is 2.18. The largest absolute Gasteiger partial charge is 0.493 e. The fourth-order valence-corrected chi connectivity index (χ4v) is 6.01. The molecular formula is C30H34BrNO8. The van der Waals surface area contributed by atoms with E-state index in [0.29, 0.717) is 56.3 Å². The number of carbonyl (C=O) groups is 2. The Morgan fingerprint density at radius 3 is 2.25 bits per heavy atom. The number of benzene rings is 2. The number of hydrogen-bond acceptors (Lipinski definition) is 9. The molecule has 0 bridgehead atoms. The van der Waals surface area contributed by atoms with Gasteiger partial charge in [0.1, 0.15) is 6.61 Å². The number of esters is 1. The number of ether oxygens (including phenoxy) is 6. The van der Waals surface area contributed by atoms with E-state index in [9.17, 15) is 9.59 Å². The minimum atomic E-state index is -0.666. The molecule has 0 amide bonds. The summed E-state index contributed by atoms with van der Waals surface area (Å²) in [4.78, 5) is 27.4. The fraction of sp³-hybridized carbons (Fsp3) is 0.400. The van der Waals surface area contributed by atoms with Crippen molar-refractivity contribution in [1.29, 1.82) is 0 Å². The van der Waals surface area contributed by atoms with Crippen LogP contribution in [0.2, 0.25) is 0 Å². The molecule has 4 rings (SSSR count). The quantitative estimate of drug-likeness (QED) is 0.291. The van der Waals surface area contributed by atoms with Gasteiger partial charge in [-0.25, -0.2) is 4.79 Å². The number of rotatable bonds is 10. The highest BCUT2D eigenvalue weighted by atomic mass is 79.9. The number of nitrogens with one attached hydrogen (secondary N) is 1. The maximum atomic E-state index is 14.0. The second-order valence-electron chi connectivity index (χ2n) is 9.50. The maximum Gasteiger partial charge on any atom is 0.336 e. The normalized spacial score (nSPS) is 18.6. The lowest BCUT2D eigenvalue weighted by molar-refractivity contribution is -0.140. The molecule has 0 saturated carbocycles. The van der Waals surface area contributed by atoms with Crippen LogP contribution in [0.4, 0.5) is 0 Å². The lowest BCUT2D eigenvalue weighted by atomic mass is 9.71. The first kappa shape index (κ1) is 29.5. The van der Waals surface area contributed by atoms with Crippen molar-refractivity contribution >= 4 is 27.7 Å². The average Bonchev–Trinajstić information content (AvgIpc) is 2.95. The van der Waals surface area contributed by atoms with E-state index in [0.717, 1.165) is 11.3 Å². The van der Waals surface area contributed by atoms with Crippen LogP contribution in [-0.2, 0) is 19.1 Å². The molecule has 2 unspecified atom stereocenters. The van der Waals surface area contributed by atoms with Gasteiger partial charge in [-0.1, -0.05) is 6.07 Å². The molecule has 2 aromatic rings. The van der Waals surface area contributed by atoms with E-state index < -0.39 is 11.9 Å². The molecule has 1 aliphatic heterocycles. The number of Topliss-reactive ketones (excluding diaryl/α,β-unsaturated/α-hetero) is 1. The molecule has 2 aromatic carbocycles. The number of methoxy groups -OCH3 is 5. The Kier molecular flexibility index (Phi) is 9.42. The molecule has 214 valence electrons. The molecule has 0 saturated heterocycles. The van der Waals surface area contributed by atoms with Gasteiger partial charge < -0.3 is 33.7 Å². The van der Waals surface area contributed by atoms with Crippen molar-refractivity contribution in [3.8, 4) is 23.0 Å². The Bertz CT molecular complexity index is 1370. The summed E-state index contributed by atoms with van der Waals surface area (Å²) in [6.07, 6.45) is 0.844. The molecule has 0 fully saturated rings. The molecule has 0 spiro atoms. The van der Waals surface area contributed by atoms with Gasteiger partial charge in [0.15, 0.2) is 28.8 Å². The third-order valence-electron chi connectivity index (χ3n) is 7.24. The first-order chi connectivity index (χ1) is 19.3. The Morgan fingerprint density at radius 2 is 1.60 bits per heavy atom. The van der Waals surface area contributed by atoms with Gasteiger partial charge in [-0.05, 0) is 70.6 Å². The Balaban J connectivity index is 1.81. The lowest BCUT2D eigenvalue weighted by Crippen LogP contribution is -2.36. The van der Waals surface area contributed by atoms with Crippen molar-refractivity contribution in [2.24, 2.45) is 0 Å². The van der Waals surface area contributed by atoms with Crippen LogP contribution in [0.25, 0.3) is 0 Å². The standard InChI is InChI=1S/C30H34BrNO8/c1-16-26(30(34)40-10-9-35-2)27(19-11-20(31)29(39-6)25(15-19)38-5)28-21(32-16)12-18(13-22(28)33)17-7-8-23(36-3)24(14-17)37-4/h7-8,11,14-15,18,27,32H,9-10,12-13H2,1-6H3. The number of carbonyl (C=O) groups excluding carboxylic acids is 2. The minimum Gasteiger partial charge on any atom is -0.493 e. The second-order valence-corrected chi connectivity index (χ2v) is 10.4. The summed E-state index contributed by atoms with van der Waals surface area (Å²) in [5.74, 6) is 0.901. The van der Waals surface area contributed by atoms with Crippen LogP contribution >= 0.6 is 15.9 Å². The lowest BCUT2D eigenvalue weighted by Gasteiger charge is -2.37. The highest BCUT2D eigenvalue weighted by Crippen LogP contribution is 2.49. The van der Waals surface area contributed by atoms with E-state index in [2.05, 4.69) is 21.2 Å². The van der Waals surface area contributed by atoms with Gasteiger partial charge in [-0.15, -0.1) is 0 Å². The van der Waals surface area contributed by atoms with Crippen molar-refractivity contribution in [3.63, 3.8) is 0 Å². The van der Waals surface area contributed by atoms with Gasteiger partial charge in [0.25, 0.3) is 0 Å². The Hall–Kier alpha value is -3.50. The number of halogens is 1. The van der Waals surface area contributed by atoms with E-state index in [-0.39, 0.29) is 31.3 Å². The van der Waals surface area contributed by atoms with Crippen molar-refractivity contribution < 1.29 is 38.0 Å². The van der Waals surface area contributed by atoms with Crippen LogP contribution in [0.15, 0.2) is 57.3 Å². The highest BCUT2D eigenvalue weighted by molar-refractivity contribution is 9.10. The topological polar surface area (TPSA) is 102 Å². The number of allylic oxidation sites excluding steroid dienone is 3. The van der Waals surface area contributed by atoms with Crippen molar-refractivity contribution in [2.45, 2.75) is 31.6 Å². The fourth-order valence-electron chi connectivity index (χ4n) is 5.39. The minimum absolute atomic E-state index is 0.0564.